The molecular weight excluding hydrogens is 197 g/mol. The van der Waals surface area contributed by atoms with E-state index in [2.05, 4.69) is 11.7 Å². The van der Waals surface area contributed by atoms with Crippen LogP contribution in [0.15, 0.2) is 18.2 Å². The van der Waals surface area contributed by atoms with E-state index in [9.17, 15) is 13.2 Å². The van der Waals surface area contributed by atoms with Crippen molar-refractivity contribution in [2.75, 3.05) is 0 Å². The first-order valence-corrected chi connectivity index (χ1v) is 3.74. The summed E-state index contributed by atoms with van der Waals surface area (Å²) in [7, 11) is 0. The summed E-state index contributed by atoms with van der Waals surface area (Å²) < 4.78 is 39.0. The van der Waals surface area contributed by atoms with E-state index in [1.165, 1.54) is 6.07 Å². The maximum absolute atomic E-state index is 11.8. The average Bonchev–Trinajstić information content (AvgIpc) is 2.01. The van der Waals surface area contributed by atoms with Gasteiger partial charge < -0.3 is 9.84 Å². The summed E-state index contributed by atoms with van der Waals surface area (Å²) in [6.45, 7) is 3.22. The summed E-state index contributed by atoms with van der Waals surface area (Å²) in [6, 6.07) is 3.59. The fourth-order valence-electron chi connectivity index (χ4n) is 0.954. The SMILES string of the molecule is [CH2]c1cc(OC(F)(F)F)ccc1CO. The molecular formula is C9H8F3O2. The minimum absolute atomic E-state index is 0.259. The number of aliphatic hydroxyl groups excluding tert-OH is 1. The Bertz CT molecular complexity index is 320. The first-order chi connectivity index (χ1) is 6.42. The molecule has 0 bridgehead atoms. The largest absolute Gasteiger partial charge is 0.573 e. The molecule has 0 aliphatic heterocycles. The predicted molar refractivity (Wildman–Crippen MR) is 43.5 cm³/mol. The molecule has 0 heterocycles. The zero-order valence-electron chi connectivity index (χ0n) is 7.14. The van der Waals surface area contributed by atoms with Crippen LogP contribution in [0.25, 0.3) is 0 Å². The van der Waals surface area contributed by atoms with Gasteiger partial charge in [0.05, 0.1) is 6.61 Å². The van der Waals surface area contributed by atoms with Crippen LogP contribution in [0, 0.1) is 6.92 Å². The highest BCUT2D eigenvalue weighted by atomic mass is 19.4. The molecule has 5 heteroatoms. The molecule has 77 valence electrons. The van der Waals surface area contributed by atoms with Crippen molar-refractivity contribution < 1.29 is 23.0 Å². The lowest BCUT2D eigenvalue weighted by Crippen LogP contribution is -2.17. The summed E-state index contributed by atoms with van der Waals surface area (Å²) in [6.07, 6.45) is -4.70. The minimum atomic E-state index is -4.70. The second kappa shape index (κ2) is 3.88. The lowest BCUT2D eigenvalue weighted by atomic mass is 10.1. The molecule has 1 aromatic rings. The molecule has 0 aromatic heterocycles. The number of ether oxygens (including phenoxy) is 1. The molecule has 1 N–H and O–H groups in total. The van der Waals surface area contributed by atoms with Crippen molar-refractivity contribution in [3.63, 3.8) is 0 Å². The first-order valence-electron chi connectivity index (χ1n) is 3.74. The highest BCUT2D eigenvalue weighted by molar-refractivity contribution is 5.37. The van der Waals surface area contributed by atoms with Crippen LogP contribution in [-0.2, 0) is 6.61 Å². The zero-order chi connectivity index (χ0) is 10.8. The lowest BCUT2D eigenvalue weighted by molar-refractivity contribution is -0.274. The number of benzene rings is 1. The van der Waals surface area contributed by atoms with Gasteiger partial charge in [-0.25, -0.2) is 0 Å². The van der Waals surface area contributed by atoms with Crippen LogP contribution in [0.4, 0.5) is 13.2 Å². The van der Waals surface area contributed by atoms with Crippen LogP contribution in [0.3, 0.4) is 0 Å². The van der Waals surface area contributed by atoms with E-state index in [0.717, 1.165) is 12.1 Å². The molecule has 0 saturated carbocycles. The standard InChI is InChI=1S/C9H8F3O2/c1-6-4-8(14-9(10,11)12)3-2-7(6)5-13/h2-4,13H,1,5H2. The Morgan fingerprint density at radius 2 is 2.00 bits per heavy atom. The lowest BCUT2D eigenvalue weighted by Gasteiger charge is -2.10. The van der Waals surface area contributed by atoms with Crippen molar-refractivity contribution in [2.24, 2.45) is 0 Å². The number of hydrogen-bond donors (Lipinski definition) is 1. The molecule has 2 nitrogen and oxygen atoms in total. The van der Waals surface area contributed by atoms with Gasteiger partial charge in [-0.3, -0.25) is 0 Å². The van der Waals surface area contributed by atoms with Gasteiger partial charge in [0.15, 0.2) is 0 Å². The Hall–Kier alpha value is -1.23. The molecule has 0 atom stereocenters. The molecule has 0 aliphatic rings. The van der Waals surface area contributed by atoms with Crippen molar-refractivity contribution >= 4 is 0 Å². The van der Waals surface area contributed by atoms with Gasteiger partial charge in [0, 0.05) is 0 Å². The normalized spacial score (nSPS) is 11.5. The second-order valence-corrected chi connectivity index (χ2v) is 2.64. The summed E-state index contributed by atoms with van der Waals surface area (Å²) in [4.78, 5) is 0. The molecule has 14 heavy (non-hydrogen) atoms. The topological polar surface area (TPSA) is 29.5 Å². The number of halogens is 3. The van der Waals surface area contributed by atoms with E-state index in [1.807, 2.05) is 0 Å². The molecule has 1 aromatic carbocycles. The van der Waals surface area contributed by atoms with Crippen LogP contribution in [0.2, 0.25) is 0 Å². The van der Waals surface area contributed by atoms with Crippen molar-refractivity contribution in [1.29, 1.82) is 0 Å². The third-order valence-corrected chi connectivity index (χ3v) is 1.58. The Kier molecular flexibility index (Phi) is 3.00. The van der Waals surface area contributed by atoms with Gasteiger partial charge in [-0.2, -0.15) is 0 Å². The predicted octanol–water partition coefficient (Wildman–Crippen LogP) is 2.26. The molecule has 0 spiro atoms. The molecule has 0 saturated heterocycles. The van der Waals surface area contributed by atoms with Crippen molar-refractivity contribution in [3.8, 4) is 5.75 Å². The third kappa shape index (κ3) is 2.92. The quantitative estimate of drug-likeness (QED) is 0.802. The van der Waals surface area contributed by atoms with Gasteiger partial charge in [-0.05, 0) is 30.2 Å². The van der Waals surface area contributed by atoms with Crippen molar-refractivity contribution in [1.82, 2.24) is 0 Å². The smallest absolute Gasteiger partial charge is 0.406 e. The molecule has 0 amide bonds. The number of alkyl halides is 3. The Morgan fingerprint density at radius 3 is 2.43 bits per heavy atom. The maximum Gasteiger partial charge on any atom is 0.573 e. The summed E-state index contributed by atoms with van der Waals surface area (Å²) in [5.41, 5.74) is 0.786. The number of rotatable bonds is 2. The van der Waals surface area contributed by atoms with E-state index in [0.29, 0.717) is 11.1 Å². The van der Waals surface area contributed by atoms with E-state index in [4.69, 9.17) is 5.11 Å². The van der Waals surface area contributed by atoms with Gasteiger partial charge in [0.2, 0.25) is 0 Å². The zero-order valence-corrected chi connectivity index (χ0v) is 7.14. The summed E-state index contributed by atoms with van der Waals surface area (Å²) >= 11 is 0. The molecule has 1 radical (unpaired) electrons. The minimum Gasteiger partial charge on any atom is -0.406 e. The third-order valence-electron chi connectivity index (χ3n) is 1.58. The van der Waals surface area contributed by atoms with Crippen LogP contribution in [-0.4, -0.2) is 11.5 Å². The summed E-state index contributed by atoms with van der Waals surface area (Å²) in [5.74, 6) is -0.334. The van der Waals surface area contributed by atoms with Gasteiger partial charge in [-0.15, -0.1) is 13.2 Å². The number of hydrogen-bond acceptors (Lipinski definition) is 2. The highest BCUT2D eigenvalue weighted by Crippen LogP contribution is 2.24. The summed E-state index contributed by atoms with van der Waals surface area (Å²) in [5, 5.41) is 8.74. The average molecular weight is 205 g/mol. The van der Waals surface area contributed by atoms with Gasteiger partial charge in [0.1, 0.15) is 5.75 Å². The Balaban J connectivity index is 2.87. The molecule has 0 unspecified atom stereocenters. The van der Waals surface area contributed by atoms with Crippen molar-refractivity contribution in [3.05, 3.63) is 36.2 Å². The van der Waals surface area contributed by atoms with E-state index in [1.54, 1.807) is 0 Å². The molecule has 0 fully saturated rings. The fraction of sp³-hybridized carbons (Fsp3) is 0.222. The first kappa shape index (κ1) is 10.8. The van der Waals surface area contributed by atoms with E-state index < -0.39 is 6.36 Å². The highest BCUT2D eigenvalue weighted by Gasteiger charge is 2.31. The maximum atomic E-state index is 11.8. The van der Waals surface area contributed by atoms with Gasteiger partial charge >= 0.3 is 6.36 Å². The number of aliphatic hydroxyl groups is 1. The Labute approximate surface area is 78.9 Å². The monoisotopic (exact) mass is 205 g/mol. The van der Waals surface area contributed by atoms with Crippen LogP contribution in [0.1, 0.15) is 11.1 Å². The molecule has 1 rings (SSSR count). The molecule has 0 aliphatic carbocycles. The van der Waals surface area contributed by atoms with Crippen LogP contribution in [0.5, 0.6) is 5.75 Å². The van der Waals surface area contributed by atoms with Gasteiger partial charge in [-0.1, -0.05) is 6.07 Å². The second-order valence-electron chi connectivity index (χ2n) is 2.64. The van der Waals surface area contributed by atoms with E-state index >= 15 is 0 Å². The van der Waals surface area contributed by atoms with Crippen LogP contribution < -0.4 is 4.74 Å². The fourth-order valence-corrected chi connectivity index (χ4v) is 0.954. The van der Waals surface area contributed by atoms with Crippen molar-refractivity contribution in [2.45, 2.75) is 13.0 Å². The van der Waals surface area contributed by atoms with E-state index in [-0.39, 0.29) is 12.4 Å². The van der Waals surface area contributed by atoms with Crippen LogP contribution >= 0.6 is 0 Å². The Morgan fingerprint density at radius 1 is 1.36 bits per heavy atom. The van der Waals surface area contributed by atoms with Gasteiger partial charge in [0.25, 0.3) is 0 Å².